The standard InChI is InChI=1S/C18H25NO5/c1-3-23-17(21)12-16(20)14(2)8-7-11-19-18(22)24-13-15-9-5-4-6-10-15/h4-6,9-10,14H,3,7-8,11-13H2,1-2H3,(H,19,22). The van der Waals surface area contributed by atoms with Gasteiger partial charge in [0.25, 0.3) is 0 Å². The molecule has 0 aliphatic heterocycles. The lowest BCUT2D eigenvalue weighted by molar-refractivity contribution is -0.146. The highest BCUT2D eigenvalue weighted by Gasteiger charge is 2.17. The summed E-state index contributed by atoms with van der Waals surface area (Å²) in [5.41, 5.74) is 0.922. The molecule has 0 aliphatic rings. The molecule has 0 heterocycles. The van der Waals surface area contributed by atoms with Gasteiger partial charge in [-0.25, -0.2) is 4.79 Å². The molecule has 1 N–H and O–H groups in total. The van der Waals surface area contributed by atoms with E-state index >= 15 is 0 Å². The van der Waals surface area contributed by atoms with Crippen LogP contribution in [0.2, 0.25) is 0 Å². The van der Waals surface area contributed by atoms with E-state index in [1.165, 1.54) is 0 Å². The summed E-state index contributed by atoms with van der Waals surface area (Å²) >= 11 is 0. The Kier molecular flexibility index (Phi) is 9.19. The maximum Gasteiger partial charge on any atom is 0.407 e. The van der Waals surface area contributed by atoms with Gasteiger partial charge in [0.1, 0.15) is 18.8 Å². The highest BCUT2D eigenvalue weighted by atomic mass is 16.5. The summed E-state index contributed by atoms with van der Waals surface area (Å²) in [6.45, 7) is 4.39. The van der Waals surface area contributed by atoms with Crippen LogP contribution in [0.15, 0.2) is 30.3 Å². The van der Waals surface area contributed by atoms with E-state index in [1.54, 1.807) is 13.8 Å². The van der Waals surface area contributed by atoms with Crippen molar-refractivity contribution in [3.8, 4) is 0 Å². The number of Topliss-reactive ketones (excluding diaryl/α,β-unsaturated/α-hetero) is 1. The minimum atomic E-state index is -0.489. The Morgan fingerprint density at radius 1 is 1.12 bits per heavy atom. The van der Waals surface area contributed by atoms with Gasteiger partial charge in [0.15, 0.2) is 0 Å². The molecule has 1 aromatic carbocycles. The maximum atomic E-state index is 11.8. The van der Waals surface area contributed by atoms with Gasteiger partial charge in [0.2, 0.25) is 0 Å². The third-order valence-electron chi connectivity index (χ3n) is 3.47. The van der Waals surface area contributed by atoms with Gasteiger partial charge in [-0.05, 0) is 25.3 Å². The molecule has 0 fully saturated rings. The molecule has 0 radical (unpaired) electrons. The number of carbonyl (C=O) groups excluding carboxylic acids is 3. The van der Waals surface area contributed by atoms with Crippen molar-refractivity contribution >= 4 is 17.8 Å². The van der Waals surface area contributed by atoms with Crippen LogP contribution in [0.4, 0.5) is 4.79 Å². The number of hydrogen-bond acceptors (Lipinski definition) is 5. The third kappa shape index (κ3) is 8.31. The second kappa shape index (κ2) is 11.2. The fraction of sp³-hybridized carbons (Fsp3) is 0.500. The summed E-state index contributed by atoms with van der Waals surface area (Å²) < 4.78 is 9.83. The van der Waals surface area contributed by atoms with E-state index in [1.807, 2.05) is 30.3 Å². The first-order chi connectivity index (χ1) is 11.5. The third-order valence-corrected chi connectivity index (χ3v) is 3.47. The van der Waals surface area contributed by atoms with Crippen LogP contribution >= 0.6 is 0 Å². The average Bonchev–Trinajstić information content (AvgIpc) is 2.57. The monoisotopic (exact) mass is 335 g/mol. The molecule has 0 saturated heterocycles. The summed E-state index contributed by atoms with van der Waals surface area (Å²) in [5.74, 6) is -0.867. The lowest BCUT2D eigenvalue weighted by Crippen LogP contribution is -2.26. The number of benzene rings is 1. The van der Waals surface area contributed by atoms with E-state index in [-0.39, 0.29) is 31.3 Å². The molecule has 1 amide bonds. The maximum absolute atomic E-state index is 11.8. The van der Waals surface area contributed by atoms with Gasteiger partial charge in [-0.3, -0.25) is 9.59 Å². The Labute approximate surface area is 142 Å². The predicted octanol–water partition coefficient (Wildman–Crippen LogP) is 2.85. The van der Waals surface area contributed by atoms with Crippen molar-refractivity contribution in [2.45, 2.75) is 39.7 Å². The van der Waals surface area contributed by atoms with Crippen molar-refractivity contribution in [2.75, 3.05) is 13.2 Å². The van der Waals surface area contributed by atoms with Gasteiger partial charge in [0.05, 0.1) is 6.61 Å². The largest absolute Gasteiger partial charge is 0.466 e. The van der Waals surface area contributed by atoms with E-state index < -0.39 is 12.1 Å². The van der Waals surface area contributed by atoms with E-state index in [4.69, 9.17) is 9.47 Å². The van der Waals surface area contributed by atoms with Crippen molar-refractivity contribution in [2.24, 2.45) is 5.92 Å². The van der Waals surface area contributed by atoms with Gasteiger partial charge < -0.3 is 14.8 Å². The molecule has 0 aromatic heterocycles. The number of ketones is 1. The fourth-order valence-electron chi connectivity index (χ4n) is 2.06. The second-order valence-corrected chi connectivity index (χ2v) is 5.48. The number of hydrogen-bond donors (Lipinski definition) is 1. The summed E-state index contributed by atoms with van der Waals surface area (Å²) in [5, 5.41) is 2.64. The van der Waals surface area contributed by atoms with Gasteiger partial charge in [0, 0.05) is 12.5 Å². The van der Waals surface area contributed by atoms with E-state index in [9.17, 15) is 14.4 Å². The van der Waals surface area contributed by atoms with Crippen LogP contribution in [0.3, 0.4) is 0 Å². The minimum Gasteiger partial charge on any atom is -0.466 e. The van der Waals surface area contributed by atoms with Gasteiger partial charge in [-0.2, -0.15) is 0 Å². The first-order valence-corrected chi connectivity index (χ1v) is 8.15. The summed E-state index contributed by atoms with van der Waals surface area (Å²) in [6, 6.07) is 9.42. The van der Waals surface area contributed by atoms with Crippen molar-refractivity contribution in [1.82, 2.24) is 5.32 Å². The Balaban J connectivity index is 2.12. The van der Waals surface area contributed by atoms with Crippen LogP contribution < -0.4 is 5.32 Å². The number of nitrogens with one attached hydrogen (secondary N) is 1. The van der Waals surface area contributed by atoms with Crippen LogP contribution in [0.25, 0.3) is 0 Å². The normalized spacial score (nSPS) is 11.4. The lowest BCUT2D eigenvalue weighted by Gasteiger charge is -2.11. The molecule has 24 heavy (non-hydrogen) atoms. The summed E-state index contributed by atoms with van der Waals surface area (Å²) in [7, 11) is 0. The number of esters is 1. The van der Waals surface area contributed by atoms with Crippen molar-refractivity contribution in [3.05, 3.63) is 35.9 Å². The number of alkyl carbamates (subject to hydrolysis) is 1. The smallest absolute Gasteiger partial charge is 0.407 e. The topological polar surface area (TPSA) is 81.7 Å². The van der Waals surface area contributed by atoms with Gasteiger partial charge in [-0.15, -0.1) is 0 Å². The highest BCUT2D eigenvalue weighted by molar-refractivity contribution is 5.96. The zero-order valence-electron chi connectivity index (χ0n) is 14.2. The fourth-order valence-corrected chi connectivity index (χ4v) is 2.06. The number of carbonyl (C=O) groups is 3. The van der Waals surface area contributed by atoms with Gasteiger partial charge >= 0.3 is 12.1 Å². The van der Waals surface area contributed by atoms with Crippen molar-refractivity contribution in [3.63, 3.8) is 0 Å². The molecule has 0 spiro atoms. The lowest BCUT2D eigenvalue weighted by atomic mass is 9.98. The first-order valence-electron chi connectivity index (χ1n) is 8.15. The molecule has 6 heteroatoms. The molecular weight excluding hydrogens is 310 g/mol. The zero-order chi connectivity index (χ0) is 17.8. The predicted molar refractivity (Wildman–Crippen MR) is 89.3 cm³/mol. The Morgan fingerprint density at radius 3 is 2.50 bits per heavy atom. The SMILES string of the molecule is CCOC(=O)CC(=O)C(C)CCCNC(=O)OCc1ccccc1. The molecule has 1 rings (SSSR count). The van der Waals surface area contributed by atoms with Crippen LogP contribution in [-0.4, -0.2) is 31.0 Å². The minimum absolute atomic E-state index is 0.139. The summed E-state index contributed by atoms with van der Waals surface area (Å²) in [6.07, 6.45) is 0.555. The Morgan fingerprint density at radius 2 is 1.83 bits per heavy atom. The molecule has 0 aliphatic carbocycles. The van der Waals surface area contributed by atoms with E-state index in [0.29, 0.717) is 19.4 Å². The number of amides is 1. The van der Waals surface area contributed by atoms with Crippen LogP contribution in [0.5, 0.6) is 0 Å². The summed E-state index contributed by atoms with van der Waals surface area (Å²) in [4.78, 5) is 34.6. The quantitative estimate of drug-likeness (QED) is 0.404. The van der Waals surface area contributed by atoms with E-state index in [0.717, 1.165) is 5.56 Å². The van der Waals surface area contributed by atoms with Crippen LogP contribution in [0, 0.1) is 5.92 Å². The number of ether oxygens (including phenoxy) is 2. The molecule has 1 atom stereocenters. The average molecular weight is 335 g/mol. The number of rotatable bonds is 10. The molecule has 0 saturated carbocycles. The molecule has 1 aromatic rings. The van der Waals surface area contributed by atoms with Crippen molar-refractivity contribution in [1.29, 1.82) is 0 Å². The molecular formula is C18H25NO5. The molecule has 132 valence electrons. The first kappa shape index (κ1) is 19.7. The second-order valence-electron chi connectivity index (χ2n) is 5.48. The Hall–Kier alpha value is -2.37. The zero-order valence-corrected chi connectivity index (χ0v) is 14.2. The highest BCUT2D eigenvalue weighted by Crippen LogP contribution is 2.09. The molecule has 0 bridgehead atoms. The van der Waals surface area contributed by atoms with E-state index in [2.05, 4.69) is 5.32 Å². The molecule has 1 unspecified atom stereocenters. The van der Waals surface area contributed by atoms with Crippen LogP contribution in [0.1, 0.15) is 38.7 Å². The Bertz CT molecular complexity index is 529. The van der Waals surface area contributed by atoms with Gasteiger partial charge in [-0.1, -0.05) is 37.3 Å². The molecule has 6 nitrogen and oxygen atoms in total. The van der Waals surface area contributed by atoms with Crippen LogP contribution in [-0.2, 0) is 25.7 Å². The van der Waals surface area contributed by atoms with Crippen molar-refractivity contribution < 1.29 is 23.9 Å².